The van der Waals surface area contributed by atoms with E-state index in [1.807, 2.05) is 12.1 Å². The zero-order chi connectivity index (χ0) is 10.5. The number of rotatable bonds is 3. The molecule has 1 aromatic rings. The normalized spacial score (nSPS) is 17.9. The van der Waals surface area contributed by atoms with Gasteiger partial charge in [0.25, 0.3) is 0 Å². The predicted octanol–water partition coefficient (Wildman–Crippen LogP) is 2.81. The summed E-state index contributed by atoms with van der Waals surface area (Å²) in [6.45, 7) is 0.874. The van der Waals surface area contributed by atoms with Gasteiger partial charge in [0.2, 0.25) is 0 Å². The summed E-state index contributed by atoms with van der Waals surface area (Å²) in [5.41, 5.74) is 1.17. The van der Waals surface area contributed by atoms with Crippen LogP contribution in [0.3, 0.4) is 0 Å². The van der Waals surface area contributed by atoms with Crippen molar-refractivity contribution < 1.29 is 5.11 Å². The monoisotopic (exact) mass is 205 g/mol. The fourth-order valence-corrected chi connectivity index (χ4v) is 2.24. The molecule has 2 N–H and O–H groups in total. The predicted molar refractivity (Wildman–Crippen MR) is 61.8 cm³/mol. The van der Waals surface area contributed by atoms with Gasteiger partial charge in [0.1, 0.15) is 5.75 Å². The van der Waals surface area contributed by atoms with Crippen LogP contribution in [0.25, 0.3) is 0 Å². The summed E-state index contributed by atoms with van der Waals surface area (Å²) < 4.78 is 0. The molecule has 2 heteroatoms. The summed E-state index contributed by atoms with van der Waals surface area (Å²) in [5, 5.41) is 12.9. The molecule has 1 aliphatic carbocycles. The van der Waals surface area contributed by atoms with Crippen molar-refractivity contribution in [3.8, 4) is 5.75 Å². The second-order valence-corrected chi connectivity index (χ2v) is 4.39. The van der Waals surface area contributed by atoms with Crippen molar-refractivity contribution >= 4 is 0 Å². The number of phenols is 1. The van der Waals surface area contributed by atoms with Crippen LogP contribution in [0.4, 0.5) is 0 Å². The van der Waals surface area contributed by atoms with Crippen LogP contribution in [-0.4, -0.2) is 11.1 Å². The van der Waals surface area contributed by atoms with Gasteiger partial charge in [-0.2, -0.15) is 0 Å². The molecule has 0 amide bonds. The maximum absolute atomic E-state index is 9.32. The van der Waals surface area contributed by atoms with Gasteiger partial charge in [-0.1, -0.05) is 31.4 Å². The molecule has 2 nitrogen and oxygen atoms in total. The Morgan fingerprint density at radius 2 is 2.00 bits per heavy atom. The Morgan fingerprint density at radius 3 is 2.73 bits per heavy atom. The summed E-state index contributed by atoms with van der Waals surface area (Å²) >= 11 is 0. The average Bonchev–Trinajstić information content (AvgIpc) is 2.28. The summed E-state index contributed by atoms with van der Waals surface area (Å²) in [5.74, 6) is 0.359. The van der Waals surface area contributed by atoms with Gasteiger partial charge >= 0.3 is 0 Å². The number of aromatic hydroxyl groups is 1. The highest BCUT2D eigenvalue weighted by Gasteiger charge is 2.12. The minimum atomic E-state index is 0.359. The topological polar surface area (TPSA) is 32.3 Å². The van der Waals surface area contributed by atoms with Crippen molar-refractivity contribution in [1.29, 1.82) is 0 Å². The molecular weight excluding hydrogens is 186 g/mol. The van der Waals surface area contributed by atoms with Gasteiger partial charge in [0.15, 0.2) is 0 Å². The molecule has 1 aromatic carbocycles. The molecule has 0 bridgehead atoms. The Labute approximate surface area is 91.3 Å². The zero-order valence-electron chi connectivity index (χ0n) is 9.08. The van der Waals surface area contributed by atoms with Gasteiger partial charge in [-0.15, -0.1) is 0 Å². The smallest absolute Gasteiger partial charge is 0.115 e. The fourth-order valence-electron chi connectivity index (χ4n) is 2.24. The number of hydrogen-bond donors (Lipinski definition) is 2. The average molecular weight is 205 g/mol. The molecule has 0 aliphatic heterocycles. The number of hydrogen-bond acceptors (Lipinski definition) is 2. The van der Waals surface area contributed by atoms with Crippen molar-refractivity contribution in [2.24, 2.45) is 0 Å². The lowest BCUT2D eigenvalue weighted by Gasteiger charge is -2.22. The van der Waals surface area contributed by atoms with E-state index in [1.54, 1.807) is 6.07 Å². The molecule has 0 radical (unpaired) electrons. The molecule has 15 heavy (non-hydrogen) atoms. The van der Waals surface area contributed by atoms with E-state index in [1.165, 1.54) is 37.7 Å². The Morgan fingerprint density at radius 1 is 1.20 bits per heavy atom. The van der Waals surface area contributed by atoms with Crippen LogP contribution in [0.1, 0.15) is 37.7 Å². The largest absolute Gasteiger partial charge is 0.508 e. The number of benzene rings is 1. The molecule has 0 atom stereocenters. The van der Waals surface area contributed by atoms with E-state index in [2.05, 4.69) is 11.4 Å². The highest BCUT2D eigenvalue weighted by molar-refractivity contribution is 5.26. The van der Waals surface area contributed by atoms with Crippen molar-refractivity contribution in [1.82, 2.24) is 5.32 Å². The summed E-state index contributed by atoms with van der Waals surface area (Å²) in [4.78, 5) is 0. The Kier molecular flexibility index (Phi) is 3.62. The van der Waals surface area contributed by atoms with Crippen LogP contribution in [-0.2, 0) is 6.54 Å². The standard InChI is InChI=1S/C13H19NO/c15-13-8-4-5-11(9-13)10-14-12-6-2-1-3-7-12/h4-5,8-9,12,14-15H,1-3,6-7,10H2. The quantitative estimate of drug-likeness (QED) is 0.795. The molecule has 1 saturated carbocycles. The Hall–Kier alpha value is -1.02. The van der Waals surface area contributed by atoms with Crippen molar-refractivity contribution in [2.45, 2.75) is 44.7 Å². The third kappa shape index (κ3) is 3.24. The molecule has 0 aromatic heterocycles. The Bertz CT molecular complexity index is 305. The second-order valence-electron chi connectivity index (χ2n) is 4.39. The summed E-state index contributed by atoms with van der Waals surface area (Å²) in [6, 6.07) is 8.17. The van der Waals surface area contributed by atoms with Gasteiger partial charge in [-0.25, -0.2) is 0 Å². The molecule has 0 heterocycles. The van der Waals surface area contributed by atoms with Crippen LogP contribution < -0.4 is 5.32 Å². The highest BCUT2D eigenvalue weighted by atomic mass is 16.3. The summed E-state index contributed by atoms with van der Waals surface area (Å²) in [7, 11) is 0. The Balaban J connectivity index is 1.81. The van der Waals surface area contributed by atoms with Crippen LogP contribution in [0.2, 0.25) is 0 Å². The van der Waals surface area contributed by atoms with E-state index in [9.17, 15) is 5.11 Å². The van der Waals surface area contributed by atoms with E-state index in [4.69, 9.17) is 0 Å². The van der Waals surface area contributed by atoms with E-state index in [0.29, 0.717) is 11.8 Å². The number of nitrogens with one attached hydrogen (secondary N) is 1. The minimum Gasteiger partial charge on any atom is -0.508 e. The summed E-state index contributed by atoms with van der Waals surface area (Å²) in [6.07, 6.45) is 6.72. The van der Waals surface area contributed by atoms with Crippen LogP contribution >= 0.6 is 0 Å². The molecule has 2 rings (SSSR count). The number of phenolic OH excluding ortho intramolecular Hbond substituents is 1. The first-order valence-electron chi connectivity index (χ1n) is 5.86. The maximum Gasteiger partial charge on any atom is 0.115 e. The molecule has 0 spiro atoms. The molecule has 1 aliphatic rings. The lowest BCUT2D eigenvalue weighted by Crippen LogP contribution is -2.30. The second kappa shape index (κ2) is 5.17. The van der Waals surface area contributed by atoms with E-state index in [0.717, 1.165) is 6.54 Å². The molecule has 0 unspecified atom stereocenters. The molecule has 0 saturated heterocycles. The SMILES string of the molecule is Oc1cccc(CNC2CCCCC2)c1. The van der Waals surface area contributed by atoms with Crippen molar-refractivity contribution in [3.05, 3.63) is 29.8 Å². The highest BCUT2D eigenvalue weighted by Crippen LogP contribution is 2.18. The fraction of sp³-hybridized carbons (Fsp3) is 0.538. The first-order chi connectivity index (χ1) is 7.34. The van der Waals surface area contributed by atoms with Crippen LogP contribution in [0.5, 0.6) is 5.75 Å². The first-order valence-corrected chi connectivity index (χ1v) is 5.86. The van der Waals surface area contributed by atoms with Gasteiger partial charge in [-0.3, -0.25) is 0 Å². The van der Waals surface area contributed by atoms with Crippen molar-refractivity contribution in [2.75, 3.05) is 0 Å². The van der Waals surface area contributed by atoms with Gasteiger partial charge in [-0.05, 0) is 30.5 Å². The van der Waals surface area contributed by atoms with Crippen molar-refractivity contribution in [3.63, 3.8) is 0 Å². The maximum atomic E-state index is 9.32. The van der Waals surface area contributed by atoms with E-state index < -0.39 is 0 Å². The first kappa shape index (κ1) is 10.5. The van der Waals surface area contributed by atoms with Gasteiger partial charge in [0.05, 0.1) is 0 Å². The molecule has 82 valence electrons. The van der Waals surface area contributed by atoms with Crippen LogP contribution in [0, 0.1) is 0 Å². The van der Waals surface area contributed by atoms with Crippen LogP contribution in [0.15, 0.2) is 24.3 Å². The van der Waals surface area contributed by atoms with E-state index in [-0.39, 0.29) is 0 Å². The third-order valence-corrected chi connectivity index (χ3v) is 3.11. The minimum absolute atomic E-state index is 0.359. The lowest BCUT2D eigenvalue weighted by molar-refractivity contribution is 0.372. The van der Waals surface area contributed by atoms with E-state index >= 15 is 0 Å². The third-order valence-electron chi connectivity index (χ3n) is 3.11. The molecular formula is C13H19NO. The lowest BCUT2D eigenvalue weighted by atomic mass is 9.95. The zero-order valence-corrected chi connectivity index (χ0v) is 9.08. The van der Waals surface area contributed by atoms with Gasteiger partial charge in [0, 0.05) is 12.6 Å². The molecule has 1 fully saturated rings. The van der Waals surface area contributed by atoms with Gasteiger partial charge < -0.3 is 10.4 Å².